The van der Waals surface area contributed by atoms with Crippen LogP contribution in [-0.2, 0) is 4.43 Å². The summed E-state index contributed by atoms with van der Waals surface area (Å²) in [7, 11) is -1.81. The Bertz CT molecular complexity index is 305. The Balaban J connectivity index is 3.20. The maximum atomic E-state index is 6.86. The molecule has 0 aromatic heterocycles. The second-order valence-electron chi connectivity index (χ2n) is 8.62. The van der Waals surface area contributed by atoms with Crippen LogP contribution in [0.25, 0.3) is 0 Å². The quantitative estimate of drug-likeness (QED) is 0.471. The second-order valence-corrected chi connectivity index (χ2v) is 13.9. The van der Waals surface area contributed by atoms with E-state index in [1.165, 1.54) is 6.04 Å². The van der Waals surface area contributed by atoms with E-state index in [1.54, 1.807) is 0 Å². The second kappa shape index (κ2) is 5.36. The maximum absolute atomic E-state index is 6.86. The Hall–Kier alpha value is -0.0831. The highest BCUT2D eigenvalue weighted by atomic mass is 28.4. The molecule has 1 heterocycles. The fourth-order valence-electron chi connectivity index (χ4n) is 4.00. The third-order valence-corrected chi connectivity index (χ3v) is 11.6. The van der Waals surface area contributed by atoms with Crippen LogP contribution in [0, 0.1) is 11.8 Å². The zero-order valence-corrected chi connectivity index (χ0v) is 15.3. The maximum Gasteiger partial charge on any atom is 0.204 e. The van der Waals surface area contributed by atoms with Gasteiger partial charge in [0.2, 0.25) is 8.32 Å². The van der Waals surface area contributed by atoms with Crippen molar-refractivity contribution < 1.29 is 4.43 Å². The zero-order chi connectivity index (χ0) is 15.1. The first-order chi connectivity index (χ1) is 8.46. The molecule has 1 saturated heterocycles. The van der Waals surface area contributed by atoms with Crippen molar-refractivity contribution in [2.75, 3.05) is 0 Å². The van der Waals surface area contributed by atoms with Gasteiger partial charge in [0, 0.05) is 0 Å². The highest BCUT2D eigenvalue weighted by molar-refractivity contribution is 6.80. The highest BCUT2D eigenvalue weighted by Crippen LogP contribution is 2.60. The van der Waals surface area contributed by atoms with E-state index < -0.39 is 8.32 Å². The summed E-state index contributed by atoms with van der Waals surface area (Å²) in [6, 6.07) is 1.30. The summed E-state index contributed by atoms with van der Waals surface area (Å²) < 4.78 is 6.86. The Morgan fingerprint density at radius 2 is 1.63 bits per heavy atom. The normalized spacial score (nSPS) is 27.8. The van der Waals surface area contributed by atoms with Gasteiger partial charge in [0.15, 0.2) is 0 Å². The summed E-state index contributed by atoms with van der Waals surface area (Å²) in [6.07, 6.45) is 3.43. The molecule has 0 aromatic rings. The summed E-state index contributed by atoms with van der Waals surface area (Å²) in [5.74, 6) is 1.40. The fraction of sp³-hybridized carbons (Fsp3) is 0.882. The summed E-state index contributed by atoms with van der Waals surface area (Å²) in [4.78, 5) is 0. The lowest BCUT2D eigenvalue weighted by Crippen LogP contribution is -2.52. The Morgan fingerprint density at radius 3 is 1.95 bits per heavy atom. The van der Waals surface area contributed by atoms with Gasteiger partial charge in [0.05, 0.1) is 6.10 Å². The van der Waals surface area contributed by atoms with Crippen molar-refractivity contribution in [2.45, 2.75) is 84.0 Å². The van der Waals surface area contributed by atoms with E-state index in [0.717, 1.165) is 6.42 Å². The molecule has 0 aromatic carbocycles. The van der Waals surface area contributed by atoms with Crippen molar-refractivity contribution in [3.05, 3.63) is 12.7 Å². The molecule has 0 saturated carbocycles. The lowest BCUT2D eigenvalue weighted by Gasteiger charge is -2.48. The van der Waals surface area contributed by atoms with Gasteiger partial charge in [-0.05, 0) is 34.4 Å². The molecule has 1 fully saturated rings. The van der Waals surface area contributed by atoms with Crippen LogP contribution in [0.1, 0.15) is 61.8 Å². The first-order valence-electron chi connectivity index (χ1n) is 7.75. The summed E-state index contributed by atoms with van der Waals surface area (Å²) in [5, 5.41) is 0.572. The van der Waals surface area contributed by atoms with Crippen LogP contribution in [0.15, 0.2) is 12.7 Å². The van der Waals surface area contributed by atoms with Gasteiger partial charge in [-0.3, -0.25) is 0 Å². The molecule has 1 rings (SSSR count). The molecule has 0 N–H and O–H groups in total. The van der Waals surface area contributed by atoms with E-state index >= 15 is 0 Å². The van der Waals surface area contributed by atoms with Crippen LogP contribution in [0.2, 0.25) is 16.1 Å². The van der Waals surface area contributed by atoms with Crippen molar-refractivity contribution in [3.8, 4) is 0 Å². The van der Waals surface area contributed by atoms with Crippen LogP contribution >= 0.6 is 0 Å². The third kappa shape index (κ3) is 3.00. The standard InChI is InChI=1S/C17H34OSi/c1-10-11-15-14(13(2)3)12-19(18-15,16(4,5)6)17(7,8)9/h10,13-15H,1,11-12H2,2-9H3/t14-,15+/m0/s1. The molecule has 0 aliphatic carbocycles. The Labute approximate surface area is 122 Å². The van der Waals surface area contributed by atoms with E-state index in [1.807, 2.05) is 6.08 Å². The summed E-state index contributed by atoms with van der Waals surface area (Å²) >= 11 is 0. The van der Waals surface area contributed by atoms with Gasteiger partial charge in [-0.1, -0.05) is 61.5 Å². The number of hydrogen-bond donors (Lipinski definition) is 0. The molecule has 1 nitrogen and oxygen atoms in total. The van der Waals surface area contributed by atoms with Gasteiger partial charge >= 0.3 is 0 Å². The Morgan fingerprint density at radius 1 is 1.16 bits per heavy atom. The summed E-state index contributed by atoms with van der Waals surface area (Å²) in [5.41, 5.74) is 0. The van der Waals surface area contributed by atoms with Crippen LogP contribution in [0.4, 0.5) is 0 Å². The third-order valence-electron chi connectivity index (χ3n) is 5.03. The molecule has 0 radical (unpaired) electrons. The first kappa shape index (κ1) is 17.0. The van der Waals surface area contributed by atoms with Crippen molar-refractivity contribution in [1.82, 2.24) is 0 Å². The lowest BCUT2D eigenvalue weighted by atomic mass is 9.90. The monoisotopic (exact) mass is 282 g/mol. The minimum Gasteiger partial charge on any atom is -0.412 e. The zero-order valence-electron chi connectivity index (χ0n) is 14.3. The lowest BCUT2D eigenvalue weighted by molar-refractivity contribution is 0.141. The van der Waals surface area contributed by atoms with Crippen LogP contribution in [0.3, 0.4) is 0 Å². The average molecular weight is 283 g/mol. The largest absolute Gasteiger partial charge is 0.412 e. The van der Waals surface area contributed by atoms with Crippen molar-refractivity contribution in [1.29, 1.82) is 0 Å². The molecular formula is C17H34OSi. The van der Waals surface area contributed by atoms with E-state index in [0.29, 0.717) is 17.9 Å². The van der Waals surface area contributed by atoms with Crippen LogP contribution in [-0.4, -0.2) is 14.4 Å². The SMILES string of the molecule is C=CC[C@H]1O[Si](C(C)(C)C)(C(C)(C)C)C[C@H]1C(C)C. The molecule has 0 bridgehead atoms. The highest BCUT2D eigenvalue weighted by Gasteiger charge is 2.61. The van der Waals surface area contributed by atoms with E-state index in [2.05, 4.69) is 62.0 Å². The molecule has 2 heteroatoms. The average Bonchev–Trinajstić information content (AvgIpc) is 2.57. The van der Waals surface area contributed by atoms with Crippen molar-refractivity contribution in [2.24, 2.45) is 11.8 Å². The number of rotatable bonds is 3. The molecule has 0 spiro atoms. The van der Waals surface area contributed by atoms with Gasteiger partial charge in [-0.25, -0.2) is 0 Å². The minimum absolute atomic E-state index is 0.286. The van der Waals surface area contributed by atoms with Gasteiger partial charge in [-0.2, -0.15) is 0 Å². The van der Waals surface area contributed by atoms with Crippen LogP contribution < -0.4 is 0 Å². The molecular weight excluding hydrogens is 248 g/mol. The molecule has 0 unspecified atom stereocenters. The van der Waals surface area contributed by atoms with Crippen LogP contribution in [0.5, 0.6) is 0 Å². The first-order valence-corrected chi connectivity index (χ1v) is 9.86. The van der Waals surface area contributed by atoms with Crippen molar-refractivity contribution in [3.63, 3.8) is 0 Å². The smallest absolute Gasteiger partial charge is 0.204 e. The molecule has 0 amide bonds. The van der Waals surface area contributed by atoms with Crippen molar-refractivity contribution >= 4 is 8.32 Å². The van der Waals surface area contributed by atoms with Gasteiger partial charge in [0.25, 0.3) is 0 Å². The van der Waals surface area contributed by atoms with E-state index in [4.69, 9.17) is 4.43 Å². The molecule has 112 valence electrons. The minimum atomic E-state index is -1.81. The molecule has 1 aliphatic rings. The molecule has 1 aliphatic heterocycles. The molecule has 19 heavy (non-hydrogen) atoms. The van der Waals surface area contributed by atoms with E-state index in [-0.39, 0.29) is 10.1 Å². The van der Waals surface area contributed by atoms with Gasteiger partial charge in [-0.15, -0.1) is 6.58 Å². The fourth-order valence-corrected chi connectivity index (χ4v) is 10.5. The summed E-state index contributed by atoms with van der Waals surface area (Å²) in [6.45, 7) is 22.9. The topological polar surface area (TPSA) is 9.23 Å². The Kier molecular flexibility index (Phi) is 4.79. The van der Waals surface area contributed by atoms with Gasteiger partial charge in [0.1, 0.15) is 0 Å². The number of hydrogen-bond acceptors (Lipinski definition) is 1. The van der Waals surface area contributed by atoms with E-state index in [9.17, 15) is 0 Å². The molecule has 2 atom stereocenters. The predicted molar refractivity (Wildman–Crippen MR) is 88.0 cm³/mol. The van der Waals surface area contributed by atoms with Gasteiger partial charge < -0.3 is 4.43 Å². The predicted octanol–water partition coefficient (Wildman–Crippen LogP) is 5.78.